The van der Waals surface area contributed by atoms with Crippen LogP contribution in [0.4, 0.5) is 0 Å². The third-order valence-electron chi connectivity index (χ3n) is 3.00. The molecule has 21 heavy (non-hydrogen) atoms. The normalized spacial score (nSPS) is 10.9. The summed E-state index contributed by atoms with van der Waals surface area (Å²) >= 11 is 1.73. The van der Waals surface area contributed by atoms with Gasteiger partial charge in [0.15, 0.2) is 0 Å². The van der Waals surface area contributed by atoms with Gasteiger partial charge in [0, 0.05) is 17.5 Å². The van der Waals surface area contributed by atoms with Gasteiger partial charge in [-0.25, -0.2) is 0 Å². The number of benzene rings is 1. The molecule has 4 heteroatoms. The number of nitrogens with one attached hydrogen (secondary N) is 1. The van der Waals surface area contributed by atoms with Crippen LogP contribution in [-0.2, 0) is 13.2 Å². The van der Waals surface area contributed by atoms with Gasteiger partial charge in [-0.3, -0.25) is 4.98 Å². The molecule has 0 spiro atoms. The number of thioether (sulfide) groups is 1. The van der Waals surface area contributed by atoms with E-state index in [-0.39, 0.29) is 0 Å². The van der Waals surface area contributed by atoms with Crippen molar-refractivity contribution >= 4 is 11.8 Å². The van der Waals surface area contributed by atoms with Crippen molar-refractivity contribution in [3.05, 3.63) is 53.9 Å². The van der Waals surface area contributed by atoms with Crippen molar-refractivity contribution in [2.45, 2.75) is 37.9 Å². The van der Waals surface area contributed by atoms with Crippen molar-refractivity contribution in [2.75, 3.05) is 6.26 Å². The molecule has 2 rings (SSSR count). The molecule has 112 valence electrons. The minimum Gasteiger partial charge on any atom is -0.487 e. The van der Waals surface area contributed by atoms with Gasteiger partial charge < -0.3 is 10.1 Å². The number of rotatable bonds is 7. The molecule has 0 aliphatic rings. The molecule has 3 nitrogen and oxygen atoms in total. The Balaban J connectivity index is 1.91. The van der Waals surface area contributed by atoms with Crippen molar-refractivity contribution in [1.82, 2.24) is 10.3 Å². The molecule has 0 amide bonds. The van der Waals surface area contributed by atoms with E-state index in [9.17, 15) is 0 Å². The zero-order chi connectivity index (χ0) is 15.1. The molecule has 1 aromatic heterocycles. The molecular formula is C17H22N2OS. The Morgan fingerprint density at radius 3 is 2.48 bits per heavy atom. The number of pyridine rings is 1. The van der Waals surface area contributed by atoms with Crippen molar-refractivity contribution in [2.24, 2.45) is 0 Å². The van der Waals surface area contributed by atoms with Crippen LogP contribution in [0, 0.1) is 0 Å². The highest BCUT2D eigenvalue weighted by Gasteiger charge is 2.01. The largest absolute Gasteiger partial charge is 0.487 e. The number of nitrogens with zero attached hydrogens (tertiary/aromatic N) is 1. The van der Waals surface area contributed by atoms with E-state index in [0.29, 0.717) is 12.6 Å². The molecule has 0 aliphatic carbocycles. The summed E-state index contributed by atoms with van der Waals surface area (Å²) in [6.45, 7) is 5.54. The first-order chi connectivity index (χ1) is 10.2. The zero-order valence-electron chi connectivity index (χ0n) is 12.8. The number of aromatic nitrogens is 1. The van der Waals surface area contributed by atoms with Gasteiger partial charge in [0.25, 0.3) is 0 Å². The van der Waals surface area contributed by atoms with Crippen LogP contribution >= 0.6 is 11.8 Å². The van der Waals surface area contributed by atoms with Crippen LogP contribution in [0.2, 0.25) is 0 Å². The highest BCUT2D eigenvalue weighted by atomic mass is 32.2. The lowest BCUT2D eigenvalue weighted by atomic mass is 10.3. The van der Waals surface area contributed by atoms with Gasteiger partial charge in [0.1, 0.15) is 12.4 Å². The van der Waals surface area contributed by atoms with Gasteiger partial charge in [0.2, 0.25) is 0 Å². The summed E-state index contributed by atoms with van der Waals surface area (Å²) in [6.07, 6.45) is 2.07. The Hall–Kier alpha value is -1.52. The first kappa shape index (κ1) is 15.9. The number of hydrogen-bond donors (Lipinski definition) is 1. The molecule has 1 heterocycles. The Morgan fingerprint density at radius 2 is 1.81 bits per heavy atom. The summed E-state index contributed by atoms with van der Waals surface area (Å²) < 4.78 is 5.78. The minimum absolute atomic E-state index is 0.460. The van der Waals surface area contributed by atoms with Crippen LogP contribution in [0.5, 0.6) is 5.75 Å². The maximum absolute atomic E-state index is 5.78. The van der Waals surface area contributed by atoms with Gasteiger partial charge in [-0.1, -0.05) is 19.9 Å². The standard InChI is InChI=1S/C17H22N2OS/c1-13(2)18-11-14-5-4-6-15(19-14)12-20-16-7-9-17(21-3)10-8-16/h4-10,13,18H,11-12H2,1-3H3. The van der Waals surface area contributed by atoms with E-state index in [4.69, 9.17) is 4.74 Å². The third kappa shape index (κ3) is 5.40. The van der Waals surface area contributed by atoms with E-state index in [1.807, 2.05) is 30.3 Å². The van der Waals surface area contributed by atoms with Gasteiger partial charge in [-0.05, 0) is 42.7 Å². The topological polar surface area (TPSA) is 34.1 Å². The Kier molecular flexibility index (Phi) is 6.08. The first-order valence-electron chi connectivity index (χ1n) is 7.12. The van der Waals surface area contributed by atoms with Gasteiger partial charge in [-0.15, -0.1) is 11.8 Å². The fourth-order valence-electron chi connectivity index (χ4n) is 1.85. The maximum atomic E-state index is 5.78. The van der Waals surface area contributed by atoms with Crippen LogP contribution in [0.3, 0.4) is 0 Å². The van der Waals surface area contributed by atoms with Crippen LogP contribution in [0.25, 0.3) is 0 Å². The van der Waals surface area contributed by atoms with Crippen molar-refractivity contribution in [3.63, 3.8) is 0 Å². The zero-order valence-corrected chi connectivity index (χ0v) is 13.6. The van der Waals surface area contributed by atoms with E-state index >= 15 is 0 Å². The molecule has 0 bridgehead atoms. The summed E-state index contributed by atoms with van der Waals surface area (Å²) in [6, 6.07) is 14.6. The Morgan fingerprint density at radius 1 is 1.10 bits per heavy atom. The lowest BCUT2D eigenvalue weighted by molar-refractivity contribution is 0.300. The van der Waals surface area contributed by atoms with Gasteiger partial charge in [-0.2, -0.15) is 0 Å². The quantitative estimate of drug-likeness (QED) is 0.787. The van der Waals surface area contributed by atoms with E-state index in [2.05, 4.69) is 42.5 Å². The molecule has 1 aromatic carbocycles. The Labute approximate surface area is 131 Å². The first-order valence-corrected chi connectivity index (χ1v) is 8.35. The summed E-state index contributed by atoms with van der Waals surface area (Å²) in [4.78, 5) is 5.84. The lowest BCUT2D eigenvalue weighted by Gasteiger charge is -2.10. The van der Waals surface area contributed by atoms with E-state index in [0.717, 1.165) is 23.7 Å². The summed E-state index contributed by atoms with van der Waals surface area (Å²) in [5, 5.41) is 3.37. The molecule has 2 aromatic rings. The SMILES string of the molecule is CSc1ccc(OCc2cccc(CNC(C)C)n2)cc1. The fraction of sp³-hybridized carbons (Fsp3) is 0.353. The highest BCUT2D eigenvalue weighted by molar-refractivity contribution is 7.98. The molecular weight excluding hydrogens is 280 g/mol. The van der Waals surface area contributed by atoms with Crippen LogP contribution in [0.15, 0.2) is 47.4 Å². The second kappa shape index (κ2) is 8.05. The highest BCUT2D eigenvalue weighted by Crippen LogP contribution is 2.19. The average molecular weight is 302 g/mol. The van der Waals surface area contributed by atoms with E-state index < -0.39 is 0 Å². The summed E-state index contributed by atoms with van der Waals surface area (Å²) in [5.41, 5.74) is 1.99. The lowest BCUT2D eigenvalue weighted by Crippen LogP contribution is -2.22. The fourth-order valence-corrected chi connectivity index (χ4v) is 2.25. The smallest absolute Gasteiger partial charge is 0.130 e. The molecule has 0 saturated heterocycles. The predicted octanol–water partition coefficient (Wildman–Crippen LogP) is 3.88. The average Bonchev–Trinajstić information content (AvgIpc) is 2.52. The van der Waals surface area contributed by atoms with E-state index in [1.54, 1.807) is 11.8 Å². The summed E-state index contributed by atoms with van der Waals surface area (Å²) in [5.74, 6) is 0.875. The minimum atomic E-state index is 0.460. The molecule has 0 aliphatic heterocycles. The number of hydrogen-bond acceptors (Lipinski definition) is 4. The second-order valence-corrected chi connectivity index (χ2v) is 6.00. The Bertz CT molecular complexity index is 555. The third-order valence-corrected chi connectivity index (χ3v) is 3.75. The van der Waals surface area contributed by atoms with E-state index in [1.165, 1.54) is 4.90 Å². The van der Waals surface area contributed by atoms with Crippen LogP contribution in [0.1, 0.15) is 25.2 Å². The van der Waals surface area contributed by atoms with Gasteiger partial charge in [0.05, 0.1) is 11.4 Å². The number of ether oxygens (including phenoxy) is 1. The molecule has 0 saturated carbocycles. The summed E-state index contributed by atoms with van der Waals surface area (Å²) in [7, 11) is 0. The van der Waals surface area contributed by atoms with Crippen molar-refractivity contribution < 1.29 is 4.74 Å². The van der Waals surface area contributed by atoms with Crippen LogP contribution in [-0.4, -0.2) is 17.3 Å². The van der Waals surface area contributed by atoms with Crippen molar-refractivity contribution in [3.8, 4) is 5.75 Å². The van der Waals surface area contributed by atoms with Crippen LogP contribution < -0.4 is 10.1 Å². The maximum Gasteiger partial charge on any atom is 0.130 e. The van der Waals surface area contributed by atoms with Gasteiger partial charge >= 0.3 is 0 Å². The molecule has 0 fully saturated rings. The monoisotopic (exact) mass is 302 g/mol. The predicted molar refractivity (Wildman–Crippen MR) is 88.8 cm³/mol. The molecule has 0 unspecified atom stereocenters. The van der Waals surface area contributed by atoms with Crippen molar-refractivity contribution in [1.29, 1.82) is 0 Å². The molecule has 1 N–H and O–H groups in total. The second-order valence-electron chi connectivity index (χ2n) is 5.12. The molecule has 0 atom stereocenters. The molecule has 0 radical (unpaired) electrons.